The SMILES string of the molecule is COc1ccc(-c2csc3nc(NC(=O)/C=C/c4ccc(C)cc4)nn23)cc1. The zero-order valence-corrected chi connectivity index (χ0v) is 16.2. The maximum absolute atomic E-state index is 12.2. The number of hydrogen-bond donors (Lipinski definition) is 1. The zero-order chi connectivity index (χ0) is 19.5. The van der Waals surface area contributed by atoms with E-state index in [2.05, 4.69) is 15.4 Å². The summed E-state index contributed by atoms with van der Waals surface area (Å²) < 4.78 is 6.92. The number of rotatable bonds is 5. The van der Waals surface area contributed by atoms with Gasteiger partial charge in [-0.15, -0.1) is 16.4 Å². The van der Waals surface area contributed by atoms with Crippen molar-refractivity contribution in [1.82, 2.24) is 14.6 Å². The molecule has 0 aliphatic rings. The largest absolute Gasteiger partial charge is 0.497 e. The summed E-state index contributed by atoms with van der Waals surface area (Å²) in [6.07, 6.45) is 3.24. The highest BCUT2D eigenvalue weighted by molar-refractivity contribution is 7.15. The molecule has 0 aliphatic heterocycles. The number of carbonyl (C=O) groups excluding carboxylic acids is 1. The number of nitrogens with zero attached hydrogens (tertiary/aromatic N) is 3. The van der Waals surface area contributed by atoms with Gasteiger partial charge in [-0.2, -0.15) is 4.98 Å². The first kappa shape index (κ1) is 17.9. The first-order chi connectivity index (χ1) is 13.6. The number of nitrogens with one attached hydrogen (secondary N) is 1. The van der Waals surface area contributed by atoms with E-state index < -0.39 is 0 Å². The van der Waals surface area contributed by atoms with Crippen LogP contribution >= 0.6 is 11.3 Å². The second-order valence-corrected chi connectivity index (χ2v) is 7.05. The molecule has 4 aromatic rings. The van der Waals surface area contributed by atoms with Crippen LogP contribution in [0.5, 0.6) is 5.75 Å². The maximum Gasteiger partial charge on any atom is 0.250 e. The van der Waals surface area contributed by atoms with Crippen LogP contribution in [0.2, 0.25) is 0 Å². The van der Waals surface area contributed by atoms with Crippen molar-refractivity contribution in [3.05, 3.63) is 71.1 Å². The molecule has 4 rings (SSSR count). The molecule has 0 spiro atoms. The average Bonchev–Trinajstić information content (AvgIpc) is 3.28. The predicted molar refractivity (Wildman–Crippen MR) is 112 cm³/mol. The van der Waals surface area contributed by atoms with Crippen LogP contribution < -0.4 is 10.1 Å². The molecule has 1 amide bonds. The van der Waals surface area contributed by atoms with Crippen LogP contribution in [0.1, 0.15) is 11.1 Å². The van der Waals surface area contributed by atoms with Crippen molar-refractivity contribution in [2.24, 2.45) is 0 Å². The molecule has 0 radical (unpaired) electrons. The summed E-state index contributed by atoms with van der Waals surface area (Å²) in [7, 11) is 1.64. The lowest BCUT2D eigenvalue weighted by Crippen LogP contribution is -2.09. The van der Waals surface area contributed by atoms with Gasteiger partial charge in [-0.05, 0) is 42.8 Å². The minimum Gasteiger partial charge on any atom is -0.497 e. The van der Waals surface area contributed by atoms with Gasteiger partial charge in [-0.1, -0.05) is 29.8 Å². The summed E-state index contributed by atoms with van der Waals surface area (Å²) in [5.41, 5.74) is 4.04. The first-order valence-electron chi connectivity index (χ1n) is 8.67. The number of benzene rings is 2. The molecule has 0 saturated carbocycles. The second-order valence-electron chi connectivity index (χ2n) is 6.21. The highest BCUT2D eigenvalue weighted by atomic mass is 32.1. The Hall–Kier alpha value is -3.45. The predicted octanol–water partition coefficient (Wildman–Crippen LogP) is 4.43. The van der Waals surface area contributed by atoms with E-state index in [9.17, 15) is 4.79 Å². The summed E-state index contributed by atoms with van der Waals surface area (Å²) in [5.74, 6) is 0.798. The van der Waals surface area contributed by atoms with E-state index >= 15 is 0 Å². The molecule has 0 atom stereocenters. The van der Waals surface area contributed by atoms with Gasteiger partial charge < -0.3 is 4.74 Å². The smallest absolute Gasteiger partial charge is 0.250 e. The first-order valence-corrected chi connectivity index (χ1v) is 9.55. The molecule has 0 bridgehead atoms. The molecular weight excluding hydrogens is 372 g/mol. The number of carbonyl (C=O) groups is 1. The quantitative estimate of drug-likeness (QED) is 0.512. The topological polar surface area (TPSA) is 68.5 Å². The maximum atomic E-state index is 12.2. The Bertz CT molecular complexity index is 1140. The van der Waals surface area contributed by atoms with Crippen molar-refractivity contribution in [2.75, 3.05) is 12.4 Å². The number of ether oxygens (including phenoxy) is 1. The molecule has 0 aliphatic carbocycles. The van der Waals surface area contributed by atoms with E-state index in [0.29, 0.717) is 4.96 Å². The van der Waals surface area contributed by atoms with E-state index in [0.717, 1.165) is 22.6 Å². The Kier molecular flexibility index (Phi) is 4.90. The standard InChI is InChI=1S/C21H18N4O2S/c1-14-3-5-15(6-4-14)7-12-19(26)22-20-23-21-25(24-20)18(13-28-21)16-8-10-17(27-2)11-9-16/h3-13H,1-2H3,(H,22,24,26)/b12-7+. The van der Waals surface area contributed by atoms with Crippen molar-refractivity contribution in [3.63, 3.8) is 0 Å². The van der Waals surface area contributed by atoms with Gasteiger partial charge in [0.15, 0.2) is 0 Å². The van der Waals surface area contributed by atoms with Crippen molar-refractivity contribution < 1.29 is 9.53 Å². The Labute approximate surface area is 166 Å². The molecule has 2 heterocycles. The van der Waals surface area contributed by atoms with Gasteiger partial charge >= 0.3 is 0 Å². The van der Waals surface area contributed by atoms with Crippen LogP contribution in [0.3, 0.4) is 0 Å². The third-order valence-corrected chi connectivity index (χ3v) is 5.02. The Balaban J connectivity index is 1.51. The number of fused-ring (bicyclic) bond motifs is 1. The van der Waals surface area contributed by atoms with Gasteiger partial charge in [0.2, 0.25) is 4.96 Å². The normalized spacial score (nSPS) is 11.2. The van der Waals surface area contributed by atoms with E-state index in [1.165, 1.54) is 23.0 Å². The minimum absolute atomic E-state index is 0.273. The number of aryl methyl sites for hydroxylation is 1. The van der Waals surface area contributed by atoms with Gasteiger partial charge in [-0.3, -0.25) is 10.1 Å². The number of anilines is 1. The molecule has 0 fully saturated rings. The highest BCUT2D eigenvalue weighted by Gasteiger charge is 2.12. The second kappa shape index (κ2) is 7.66. The number of methoxy groups -OCH3 is 1. The van der Waals surface area contributed by atoms with E-state index in [1.54, 1.807) is 17.7 Å². The molecule has 2 aromatic heterocycles. The van der Waals surface area contributed by atoms with Crippen LogP contribution in [0.15, 0.2) is 60.0 Å². The molecule has 2 aromatic carbocycles. The Morgan fingerprint density at radius 1 is 1.14 bits per heavy atom. The molecule has 28 heavy (non-hydrogen) atoms. The minimum atomic E-state index is -0.273. The molecule has 140 valence electrons. The number of amides is 1. The molecule has 6 nitrogen and oxygen atoms in total. The van der Waals surface area contributed by atoms with Crippen LogP contribution in [0.4, 0.5) is 5.95 Å². The van der Waals surface area contributed by atoms with E-state index in [-0.39, 0.29) is 11.9 Å². The monoisotopic (exact) mass is 390 g/mol. The lowest BCUT2D eigenvalue weighted by Gasteiger charge is -2.01. The van der Waals surface area contributed by atoms with Crippen molar-refractivity contribution in [1.29, 1.82) is 0 Å². The fourth-order valence-electron chi connectivity index (χ4n) is 2.70. The fourth-order valence-corrected chi connectivity index (χ4v) is 3.53. The molecule has 0 unspecified atom stereocenters. The van der Waals surface area contributed by atoms with E-state index in [4.69, 9.17) is 4.74 Å². The van der Waals surface area contributed by atoms with Crippen LogP contribution in [0.25, 0.3) is 22.3 Å². The Morgan fingerprint density at radius 3 is 2.61 bits per heavy atom. The third-order valence-electron chi connectivity index (χ3n) is 4.21. The number of thiazole rings is 1. The molecule has 7 heteroatoms. The third kappa shape index (κ3) is 3.79. The summed E-state index contributed by atoms with van der Waals surface area (Å²) >= 11 is 1.47. The summed E-state index contributed by atoms with van der Waals surface area (Å²) in [5, 5.41) is 9.12. The van der Waals surface area contributed by atoms with Gasteiger partial charge in [0.25, 0.3) is 11.9 Å². The van der Waals surface area contributed by atoms with Gasteiger partial charge in [0.05, 0.1) is 12.8 Å². The zero-order valence-electron chi connectivity index (χ0n) is 15.4. The summed E-state index contributed by atoms with van der Waals surface area (Å²) in [6.45, 7) is 2.02. The van der Waals surface area contributed by atoms with Crippen molar-refractivity contribution >= 4 is 34.2 Å². The molecular formula is C21H18N4O2S. The fraction of sp³-hybridized carbons (Fsp3) is 0.0952. The lowest BCUT2D eigenvalue weighted by atomic mass is 10.1. The van der Waals surface area contributed by atoms with Crippen molar-refractivity contribution in [2.45, 2.75) is 6.92 Å². The van der Waals surface area contributed by atoms with Gasteiger partial charge in [0.1, 0.15) is 5.75 Å². The number of aromatic nitrogens is 3. The van der Waals surface area contributed by atoms with Crippen LogP contribution in [0, 0.1) is 6.92 Å². The van der Waals surface area contributed by atoms with E-state index in [1.807, 2.05) is 60.8 Å². The van der Waals surface area contributed by atoms with Gasteiger partial charge in [0, 0.05) is 17.0 Å². The summed E-state index contributed by atoms with van der Waals surface area (Å²) in [6, 6.07) is 15.7. The molecule has 1 N–H and O–H groups in total. The summed E-state index contributed by atoms with van der Waals surface area (Å²) in [4.78, 5) is 17.3. The van der Waals surface area contributed by atoms with Gasteiger partial charge in [-0.25, -0.2) is 4.52 Å². The average molecular weight is 390 g/mol. The van der Waals surface area contributed by atoms with Crippen molar-refractivity contribution in [3.8, 4) is 17.0 Å². The number of hydrogen-bond acceptors (Lipinski definition) is 5. The lowest BCUT2D eigenvalue weighted by molar-refractivity contribution is -0.111. The van der Waals surface area contributed by atoms with Crippen LogP contribution in [-0.4, -0.2) is 27.6 Å². The Morgan fingerprint density at radius 2 is 1.89 bits per heavy atom. The molecule has 0 saturated heterocycles. The highest BCUT2D eigenvalue weighted by Crippen LogP contribution is 2.27. The van der Waals surface area contributed by atoms with Crippen LogP contribution in [-0.2, 0) is 4.79 Å².